The highest BCUT2D eigenvalue weighted by molar-refractivity contribution is 6.00. The minimum absolute atomic E-state index is 0.246. The molecule has 2 rings (SSSR count). The number of esters is 1. The molecule has 1 heterocycles. The third kappa shape index (κ3) is 4.29. The summed E-state index contributed by atoms with van der Waals surface area (Å²) < 4.78 is 30.8. The second-order valence-corrected chi connectivity index (χ2v) is 5.77. The summed E-state index contributed by atoms with van der Waals surface area (Å²) in [6.45, 7) is 4.39. The molecule has 1 aromatic heterocycles. The topological polar surface area (TPSA) is 66.8 Å². The molecule has 0 N–H and O–H groups in total. The predicted molar refractivity (Wildman–Crippen MR) is 93.3 cm³/mol. The van der Waals surface area contributed by atoms with E-state index in [0.717, 1.165) is 17.5 Å². The van der Waals surface area contributed by atoms with Crippen LogP contribution in [0, 0.1) is 19.7 Å². The molecule has 0 fully saturated rings. The van der Waals surface area contributed by atoms with Crippen molar-refractivity contribution in [1.29, 1.82) is 0 Å². The van der Waals surface area contributed by atoms with Gasteiger partial charge in [-0.2, -0.15) is 0 Å². The van der Waals surface area contributed by atoms with E-state index in [-0.39, 0.29) is 11.3 Å². The molecule has 26 heavy (non-hydrogen) atoms. The maximum Gasteiger partial charge on any atom is 0.341 e. The normalized spacial score (nSPS) is 10.7. The quantitative estimate of drug-likeness (QED) is 0.533. The number of hydrogen-bond donors (Lipinski definition) is 0. The van der Waals surface area contributed by atoms with E-state index < -0.39 is 18.4 Å². The second-order valence-electron chi connectivity index (χ2n) is 5.77. The standard InChI is InChI=1S/C19H22FNO5/c1-12-9-16(13(2)21(12)7-8-24-3)18(22)11-26-19(23)15-6-5-14(25-4)10-17(15)20/h5-6,9-10H,7-8,11H2,1-4H3. The lowest BCUT2D eigenvalue weighted by atomic mass is 10.1. The van der Waals surface area contributed by atoms with Gasteiger partial charge in [0.15, 0.2) is 6.61 Å². The molecule has 0 saturated carbocycles. The highest BCUT2D eigenvalue weighted by Gasteiger charge is 2.19. The minimum Gasteiger partial charge on any atom is -0.497 e. The zero-order valence-corrected chi connectivity index (χ0v) is 15.3. The monoisotopic (exact) mass is 363 g/mol. The number of ether oxygens (including phenoxy) is 3. The summed E-state index contributed by atoms with van der Waals surface area (Å²) in [5, 5.41) is 0. The van der Waals surface area contributed by atoms with Gasteiger partial charge in [0.25, 0.3) is 0 Å². The molecule has 6 nitrogen and oxygen atoms in total. The zero-order valence-electron chi connectivity index (χ0n) is 15.3. The van der Waals surface area contributed by atoms with Crippen LogP contribution in [0.15, 0.2) is 24.3 Å². The van der Waals surface area contributed by atoms with Gasteiger partial charge in [0.1, 0.15) is 11.6 Å². The van der Waals surface area contributed by atoms with Crippen molar-refractivity contribution in [3.8, 4) is 5.75 Å². The number of aryl methyl sites for hydroxylation is 1. The molecule has 140 valence electrons. The Morgan fingerprint density at radius 2 is 1.85 bits per heavy atom. The number of carbonyl (C=O) groups excluding carboxylic acids is 2. The van der Waals surface area contributed by atoms with Crippen molar-refractivity contribution in [2.45, 2.75) is 20.4 Å². The lowest BCUT2D eigenvalue weighted by Gasteiger charge is -2.09. The third-order valence-corrected chi connectivity index (χ3v) is 4.12. The average Bonchev–Trinajstić information content (AvgIpc) is 2.91. The minimum atomic E-state index is -0.897. The van der Waals surface area contributed by atoms with Crippen LogP contribution in [-0.2, 0) is 16.0 Å². The van der Waals surface area contributed by atoms with Gasteiger partial charge < -0.3 is 18.8 Å². The van der Waals surface area contributed by atoms with Crippen LogP contribution in [0.2, 0.25) is 0 Å². The van der Waals surface area contributed by atoms with Gasteiger partial charge in [-0.15, -0.1) is 0 Å². The van der Waals surface area contributed by atoms with E-state index in [0.29, 0.717) is 24.5 Å². The number of nitrogens with zero attached hydrogens (tertiary/aromatic N) is 1. The van der Waals surface area contributed by atoms with Gasteiger partial charge in [-0.3, -0.25) is 4.79 Å². The van der Waals surface area contributed by atoms with Crippen molar-refractivity contribution in [3.63, 3.8) is 0 Å². The summed E-state index contributed by atoms with van der Waals surface area (Å²) in [6, 6.07) is 5.54. The van der Waals surface area contributed by atoms with Crippen LogP contribution in [0.4, 0.5) is 4.39 Å². The largest absolute Gasteiger partial charge is 0.497 e. The van der Waals surface area contributed by atoms with Gasteiger partial charge >= 0.3 is 5.97 Å². The van der Waals surface area contributed by atoms with Gasteiger partial charge in [0.05, 0.1) is 19.3 Å². The van der Waals surface area contributed by atoms with E-state index in [1.54, 1.807) is 13.2 Å². The Balaban J connectivity index is 2.06. The van der Waals surface area contributed by atoms with Crippen LogP contribution in [0.1, 0.15) is 32.1 Å². The molecule has 0 amide bonds. The number of hydrogen-bond acceptors (Lipinski definition) is 5. The van der Waals surface area contributed by atoms with Gasteiger partial charge in [0, 0.05) is 36.7 Å². The van der Waals surface area contributed by atoms with Gasteiger partial charge in [-0.1, -0.05) is 0 Å². The molecule has 0 spiro atoms. The van der Waals surface area contributed by atoms with Gasteiger partial charge in [0.2, 0.25) is 5.78 Å². The molecule has 0 aliphatic heterocycles. The molecule has 0 radical (unpaired) electrons. The first kappa shape index (κ1) is 19.7. The third-order valence-electron chi connectivity index (χ3n) is 4.12. The number of carbonyl (C=O) groups is 2. The van der Waals surface area contributed by atoms with Crippen LogP contribution in [0.25, 0.3) is 0 Å². The van der Waals surface area contributed by atoms with E-state index in [2.05, 4.69) is 0 Å². The number of methoxy groups -OCH3 is 2. The molecular weight excluding hydrogens is 341 g/mol. The van der Waals surface area contributed by atoms with E-state index in [1.807, 2.05) is 18.4 Å². The van der Waals surface area contributed by atoms with Crippen LogP contribution < -0.4 is 4.74 Å². The van der Waals surface area contributed by atoms with E-state index in [9.17, 15) is 14.0 Å². The number of halogens is 1. The summed E-state index contributed by atoms with van der Waals surface area (Å²) in [5.74, 6) is -1.71. The highest BCUT2D eigenvalue weighted by atomic mass is 19.1. The van der Waals surface area contributed by atoms with Crippen molar-refractivity contribution in [1.82, 2.24) is 4.57 Å². The molecule has 0 aliphatic carbocycles. The number of aromatic nitrogens is 1. The maximum absolute atomic E-state index is 13.9. The average molecular weight is 363 g/mol. The predicted octanol–water partition coefficient (Wildman–Crippen LogP) is 2.94. The van der Waals surface area contributed by atoms with Crippen LogP contribution >= 0.6 is 0 Å². The Hall–Kier alpha value is -2.67. The molecule has 0 bridgehead atoms. The van der Waals surface area contributed by atoms with Crippen molar-refractivity contribution < 1.29 is 28.2 Å². The van der Waals surface area contributed by atoms with Crippen molar-refractivity contribution >= 4 is 11.8 Å². The van der Waals surface area contributed by atoms with Crippen LogP contribution in [-0.4, -0.2) is 43.8 Å². The molecule has 0 atom stereocenters. The van der Waals surface area contributed by atoms with Crippen molar-refractivity contribution in [2.75, 3.05) is 27.4 Å². The molecule has 1 aromatic carbocycles. The molecule has 2 aromatic rings. The molecule has 7 heteroatoms. The van der Waals surface area contributed by atoms with Crippen LogP contribution in [0.3, 0.4) is 0 Å². The fourth-order valence-electron chi connectivity index (χ4n) is 2.69. The highest BCUT2D eigenvalue weighted by Crippen LogP contribution is 2.18. The molecule has 0 unspecified atom stereocenters. The Labute approximate surface area is 151 Å². The first-order chi connectivity index (χ1) is 12.4. The maximum atomic E-state index is 13.9. The SMILES string of the molecule is COCCn1c(C)cc(C(=O)COC(=O)c2ccc(OC)cc2F)c1C. The smallest absolute Gasteiger partial charge is 0.341 e. The fraction of sp³-hybridized carbons (Fsp3) is 0.368. The Kier molecular flexibility index (Phi) is 6.52. The Morgan fingerprint density at radius 3 is 2.46 bits per heavy atom. The summed E-state index contributed by atoms with van der Waals surface area (Å²) in [7, 11) is 3.01. The van der Waals surface area contributed by atoms with Gasteiger partial charge in [-0.25, -0.2) is 9.18 Å². The number of benzene rings is 1. The summed E-state index contributed by atoms with van der Waals surface area (Å²) in [5.41, 5.74) is 1.91. The lowest BCUT2D eigenvalue weighted by molar-refractivity contribution is 0.0470. The van der Waals surface area contributed by atoms with Crippen molar-refractivity contribution in [3.05, 3.63) is 52.6 Å². The summed E-state index contributed by atoms with van der Waals surface area (Å²) in [6.07, 6.45) is 0. The van der Waals surface area contributed by atoms with Crippen molar-refractivity contribution in [2.24, 2.45) is 0 Å². The Morgan fingerprint density at radius 1 is 1.12 bits per heavy atom. The molecular formula is C19H22FNO5. The van der Waals surface area contributed by atoms with E-state index in [4.69, 9.17) is 14.2 Å². The van der Waals surface area contributed by atoms with E-state index >= 15 is 0 Å². The summed E-state index contributed by atoms with van der Waals surface area (Å²) >= 11 is 0. The fourth-order valence-corrected chi connectivity index (χ4v) is 2.69. The molecule has 0 saturated heterocycles. The Bertz CT molecular complexity index is 813. The van der Waals surface area contributed by atoms with E-state index in [1.165, 1.54) is 19.2 Å². The van der Waals surface area contributed by atoms with Crippen LogP contribution in [0.5, 0.6) is 5.75 Å². The second kappa shape index (κ2) is 8.62. The zero-order chi connectivity index (χ0) is 19.3. The van der Waals surface area contributed by atoms with Gasteiger partial charge in [-0.05, 0) is 32.0 Å². The number of ketones is 1. The lowest BCUT2D eigenvalue weighted by Crippen LogP contribution is -2.16. The number of rotatable bonds is 8. The summed E-state index contributed by atoms with van der Waals surface area (Å²) in [4.78, 5) is 24.4. The first-order valence-corrected chi connectivity index (χ1v) is 8.08. The molecule has 0 aliphatic rings. The number of Topliss-reactive ketones (excluding diaryl/α,β-unsaturated/α-hetero) is 1. The first-order valence-electron chi connectivity index (χ1n) is 8.08.